The van der Waals surface area contributed by atoms with Crippen LogP contribution >= 0.6 is 46.6 Å². The molecule has 0 saturated carbocycles. The highest BCUT2D eigenvalue weighted by atomic mass is 32.2. The van der Waals surface area contributed by atoms with Crippen LogP contribution in [0, 0.1) is 0 Å². The zero-order valence-corrected chi connectivity index (χ0v) is 14.6. The third-order valence-electron chi connectivity index (χ3n) is 2.02. The lowest BCUT2D eigenvalue weighted by Crippen LogP contribution is -2.07. The second-order valence-electron chi connectivity index (χ2n) is 3.98. The summed E-state index contributed by atoms with van der Waals surface area (Å²) in [5, 5.41) is 9.20. The van der Waals surface area contributed by atoms with E-state index in [2.05, 4.69) is 37.5 Å². The lowest BCUT2D eigenvalue weighted by Gasteiger charge is -2.10. The maximum atomic E-state index is 11.3. The Morgan fingerprint density at radius 3 is 2.68 bits per heavy atom. The molecule has 1 aromatic heterocycles. The fourth-order valence-electron chi connectivity index (χ4n) is 1.12. The summed E-state index contributed by atoms with van der Waals surface area (Å²) >= 11 is 6.39. The maximum Gasteiger partial charge on any atom is 0.211 e. The normalized spacial score (nSPS) is 12.6. The number of thioether (sulfide) groups is 3. The van der Waals surface area contributed by atoms with Crippen molar-refractivity contribution in [3.05, 3.63) is 12.7 Å². The smallest absolute Gasteiger partial charge is 0.211 e. The number of carbonyl (C=O) groups is 1. The van der Waals surface area contributed by atoms with Crippen molar-refractivity contribution in [1.29, 1.82) is 0 Å². The summed E-state index contributed by atoms with van der Waals surface area (Å²) < 4.78 is 1.99. The molecule has 0 aliphatic rings. The molecule has 3 nitrogen and oxygen atoms in total. The van der Waals surface area contributed by atoms with E-state index < -0.39 is 0 Å². The Labute approximate surface area is 131 Å². The van der Waals surface area contributed by atoms with Crippen LogP contribution in [0.2, 0.25) is 0 Å². The molecular formula is C12H18N2OS4. The fraction of sp³-hybridized carbons (Fsp3) is 0.583. The average Bonchev–Trinajstić information content (AvgIpc) is 2.80. The molecule has 106 valence electrons. The molecule has 0 bridgehead atoms. The minimum Gasteiger partial charge on any atom is -0.282 e. The van der Waals surface area contributed by atoms with Gasteiger partial charge in [0, 0.05) is 16.3 Å². The first kappa shape index (κ1) is 17.1. The number of hydrogen-bond acceptors (Lipinski definition) is 7. The minimum atomic E-state index is 0.0424. The minimum absolute atomic E-state index is 0.0424. The molecule has 1 rings (SSSR count). The molecule has 0 radical (unpaired) electrons. The molecule has 0 fully saturated rings. The highest BCUT2D eigenvalue weighted by molar-refractivity contribution is 8.15. The van der Waals surface area contributed by atoms with E-state index in [1.165, 1.54) is 17.8 Å². The van der Waals surface area contributed by atoms with Crippen molar-refractivity contribution in [1.82, 2.24) is 10.2 Å². The second kappa shape index (κ2) is 9.05. The molecule has 0 spiro atoms. The van der Waals surface area contributed by atoms with Gasteiger partial charge in [0.2, 0.25) is 5.12 Å². The number of hydrogen-bond donors (Lipinski definition) is 0. The zero-order valence-electron chi connectivity index (χ0n) is 11.3. The van der Waals surface area contributed by atoms with Gasteiger partial charge in [-0.3, -0.25) is 4.79 Å². The van der Waals surface area contributed by atoms with E-state index in [4.69, 9.17) is 0 Å². The molecule has 0 aliphatic heterocycles. The maximum absolute atomic E-state index is 11.3. The third-order valence-corrected chi connectivity index (χ3v) is 6.77. The summed E-state index contributed by atoms with van der Waals surface area (Å²) in [7, 11) is 0. The quantitative estimate of drug-likeness (QED) is 0.520. The topological polar surface area (TPSA) is 42.9 Å². The average molecular weight is 335 g/mol. The number of carbonyl (C=O) groups excluding carboxylic acids is 1. The highest BCUT2D eigenvalue weighted by Crippen LogP contribution is 2.32. The molecular weight excluding hydrogens is 316 g/mol. The van der Waals surface area contributed by atoms with E-state index in [-0.39, 0.29) is 5.12 Å². The Hall–Kier alpha value is 0.0200. The number of nitrogens with zero attached hydrogens (tertiary/aromatic N) is 2. The first-order valence-corrected chi connectivity index (χ1v) is 9.57. The number of aromatic nitrogens is 2. The predicted molar refractivity (Wildman–Crippen MR) is 88.5 cm³/mol. The molecule has 1 heterocycles. The molecule has 1 unspecified atom stereocenters. The standard InChI is InChI=1S/C12H18N2OS4/c1-5-9(18-10(15)6-2)7-16-11-13-14-12(19-11)17-8(3)4/h6,8-9H,2,5,7H2,1,3-4H3. The Morgan fingerprint density at radius 1 is 1.42 bits per heavy atom. The van der Waals surface area contributed by atoms with Crippen LogP contribution in [0.3, 0.4) is 0 Å². The van der Waals surface area contributed by atoms with Crippen molar-refractivity contribution >= 4 is 51.7 Å². The van der Waals surface area contributed by atoms with Crippen LogP contribution in [0.25, 0.3) is 0 Å². The Morgan fingerprint density at radius 2 is 2.11 bits per heavy atom. The van der Waals surface area contributed by atoms with Gasteiger partial charge in [-0.1, -0.05) is 74.0 Å². The largest absolute Gasteiger partial charge is 0.282 e. The summed E-state index contributed by atoms with van der Waals surface area (Å²) in [6.45, 7) is 9.87. The fourth-order valence-corrected chi connectivity index (χ4v) is 5.49. The van der Waals surface area contributed by atoms with Crippen molar-refractivity contribution in [2.24, 2.45) is 0 Å². The first-order valence-electron chi connectivity index (χ1n) is 6.01. The Balaban J connectivity index is 2.43. The molecule has 0 aromatic carbocycles. The summed E-state index contributed by atoms with van der Waals surface area (Å²) in [5.41, 5.74) is 0. The Kier molecular flexibility index (Phi) is 8.13. The van der Waals surface area contributed by atoms with E-state index in [1.807, 2.05) is 0 Å². The van der Waals surface area contributed by atoms with Gasteiger partial charge in [0.15, 0.2) is 8.68 Å². The predicted octanol–water partition coefficient (Wildman–Crippen LogP) is 4.36. The van der Waals surface area contributed by atoms with Crippen molar-refractivity contribution in [2.45, 2.75) is 46.4 Å². The lowest BCUT2D eigenvalue weighted by atomic mass is 10.4. The number of rotatable bonds is 8. The van der Waals surface area contributed by atoms with Crippen molar-refractivity contribution in [2.75, 3.05) is 5.75 Å². The SMILES string of the molecule is C=CC(=O)SC(CC)CSc1nnc(SC(C)C)s1. The lowest BCUT2D eigenvalue weighted by molar-refractivity contribution is -0.107. The second-order valence-corrected chi connectivity index (χ2v) is 9.36. The van der Waals surface area contributed by atoms with Crippen LogP contribution in [0.5, 0.6) is 0 Å². The van der Waals surface area contributed by atoms with Crippen LogP contribution in [0.1, 0.15) is 27.2 Å². The van der Waals surface area contributed by atoms with Gasteiger partial charge in [-0.2, -0.15) is 0 Å². The molecule has 0 aliphatic carbocycles. The molecule has 0 saturated heterocycles. The van der Waals surface area contributed by atoms with E-state index >= 15 is 0 Å². The van der Waals surface area contributed by atoms with Crippen LogP contribution < -0.4 is 0 Å². The van der Waals surface area contributed by atoms with Crippen molar-refractivity contribution < 1.29 is 4.79 Å². The monoisotopic (exact) mass is 334 g/mol. The van der Waals surface area contributed by atoms with E-state index in [0.29, 0.717) is 10.5 Å². The Bertz CT molecular complexity index is 420. The summed E-state index contributed by atoms with van der Waals surface area (Å²) in [5.74, 6) is 0.877. The molecule has 19 heavy (non-hydrogen) atoms. The van der Waals surface area contributed by atoms with Gasteiger partial charge in [0.25, 0.3) is 0 Å². The van der Waals surface area contributed by atoms with E-state index in [1.54, 1.807) is 34.9 Å². The van der Waals surface area contributed by atoms with Crippen LogP contribution in [0.4, 0.5) is 0 Å². The van der Waals surface area contributed by atoms with E-state index in [9.17, 15) is 4.79 Å². The summed E-state index contributed by atoms with van der Waals surface area (Å²) in [4.78, 5) is 11.3. The van der Waals surface area contributed by atoms with Gasteiger partial charge >= 0.3 is 0 Å². The third kappa shape index (κ3) is 6.83. The molecule has 7 heteroatoms. The van der Waals surface area contributed by atoms with Crippen LogP contribution in [-0.2, 0) is 4.79 Å². The van der Waals surface area contributed by atoms with Gasteiger partial charge in [0.1, 0.15) is 0 Å². The van der Waals surface area contributed by atoms with E-state index in [0.717, 1.165) is 20.9 Å². The molecule has 0 amide bonds. The van der Waals surface area contributed by atoms with Crippen molar-refractivity contribution in [3.8, 4) is 0 Å². The molecule has 1 atom stereocenters. The first-order chi connectivity index (χ1) is 9.05. The summed E-state index contributed by atoms with van der Waals surface area (Å²) in [6, 6.07) is 0. The van der Waals surface area contributed by atoms with Crippen LogP contribution in [-0.4, -0.2) is 31.6 Å². The highest BCUT2D eigenvalue weighted by Gasteiger charge is 2.13. The van der Waals surface area contributed by atoms with Gasteiger partial charge in [-0.25, -0.2) is 0 Å². The van der Waals surface area contributed by atoms with Crippen LogP contribution in [0.15, 0.2) is 21.3 Å². The molecule has 1 aromatic rings. The molecule has 0 N–H and O–H groups in total. The van der Waals surface area contributed by atoms with Gasteiger partial charge in [-0.15, -0.1) is 10.2 Å². The van der Waals surface area contributed by atoms with Gasteiger partial charge in [-0.05, 0) is 12.5 Å². The van der Waals surface area contributed by atoms with Gasteiger partial charge in [0.05, 0.1) is 0 Å². The van der Waals surface area contributed by atoms with Crippen molar-refractivity contribution in [3.63, 3.8) is 0 Å². The van der Waals surface area contributed by atoms with Gasteiger partial charge < -0.3 is 0 Å². The zero-order chi connectivity index (χ0) is 14.3. The summed E-state index contributed by atoms with van der Waals surface area (Å²) in [6.07, 6.45) is 2.34.